The van der Waals surface area contributed by atoms with Crippen molar-refractivity contribution in [3.63, 3.8) is 0 Å². The SMILES string of the molecule is O=C(O)c1cc(-c2ccc(F)cc2F)ncc1O. The van der Waals surface area contributed by atoms with Gasteiger partial charge in [-0.3, -0.25) is 4.98 Å². The van der Waals surface area contributed by atoms with Crippen molar-refractivity contribution in [2.75, 3.05) is 0 Å². The van der Waals surface area contributed by atoms with Gasteiger partial charge in [0, 0.05) is 11.6 Å². The first-order valence-corrected chi connectivity index (χ1v) is 4.87. The molecule has 0 spiro atoms. The van der Waals surface area contributed by atoms with Crippen LogP contribution >= 0.6 is 0 Å². The normalized spacial score (nSPS) is 10.3. The third-order valence-electron chi connectivity index (χ3n) is 2.32. The Morgan fingerprint density at radius 1 is 1.22 bits per heavy atom. The van der Waals surface area contributed by atoms with E-state index in [-0.39, 0.29) is 11.3 Å². The largest absolute Gasteiger partial charge is 0.505 e. The second-order valence-electron chi connectivity index (χ2n) is 3.52. The molecule has 0 aliphatic carbocycles. The van der Waals surface area contributed by atoms with Crippen LogP contribution in [0, 0.1) is 11.6 Å². The topological polar surface area (TPSA) is 70.4 Å². The number of hydrogen-bond donors (Lipinski definition) is 2. The van der Waals surface area contributed by atoms with E-state index in [1.807, 2.05) is 0 Å². The fourth-order valence-electron chi connectivity index (χ4n) is 1.46. The molecule has 4 nitrogen and oxygen atoms in total. The molecule has 92 valence electrons. The molecule has 0 saturated carbocycles. The van der Waals surface area contributed by atoms with Gasteiger partial charge in [0.25, 0.3) is 0 Å². The summed E-state index contributed by atoms with van der Waals surface area (Å²) in [6.45, 7) is 0. The first kappa shape index (κ1) is 12.0. The van der Waals surface area contributed by atoms with E-state index in [2.05, 4.69) is 4.98 Å². The van der Waals surface area contributed by atoms with E-state index < -0.39 is 28.9 Å². The monoisotopic (exact) mass is 251 g/mol. The number of rotatable bonds is 2. The standard InChI is InChI=1S/C12H7F2NO3/c13-6-1-2-7(9(14)3-6)10-4-8(12(17)18)11(16)5-15-10/h1-5,16H,(H,17,18). The summed E-state index contributed by atoms with van der Waals surface area (Å²) in [5, 5.41) is 18.1. The van der Waals surface area contributed by atoms with Crippen molar-refractivity contribution in [2.24, 2.45) is 0 Å². The number of halogens is 2. The Labute approximate surface area is 100 Å². The van der Waals surface area contributed by atoms with E-state index in [1.54, 1.807) is 0 Å². The number of carboxylic acids is 1. The molecular formula is C12H7F2NO3. The molecule has 0 saturated heterocycles. The summed E-state index contributed by atoms with van der Waals surface area (Å²) in [5.41, 5.74) is -0.440. The zero-order valence-electron chi connectivity index (χ0n) is 8.89. The highest BCUT2D eigenvalue weighted by atomic mass is 19.1. The van der Waals surface area contributed by atoms with Crippen LogP contribution in [-0.2, 0) is 0 Å². The molecule has 0 atom stereocenters. The highest BCUT2D eigenvalue weighted by molar-refractivity contribution is 5.91. The van der Waals surface area contributed by atoms with Crippen LogP contribution in [0.25, 0.3) is 11.3 Å². The molecule has 6 heteroatoms. The van der Waals surface area contributed by atoms with Crippen LogP contribution in [0.2, 0.25) is 0 Å². The van der Waals surface area contributed by atoms with E-state index in [1.165, 1.54) is 0 Å². The second-order valence-corrected chi connectivity index (χ2v) is 3.52. The molecule has 1 aromatic carbocycles. The van der Waals surface area contributed by atoms with Gasteiger partial charge in [0.15, 0.2) is 0 Å². The molecule has 0 aliphatic heterocycles. The minimum atomic E-state index is -1.36. The van der Waals surface area contributed by atoms with Gasteiger partial charge in [0.2, 0.25) is 0 Å². The van der Waals surface area contributed by atoms with Gasteiger partial charge in [-0.15, -0.1) is 0 Å². The molecule has 2 rings (SSSR count). The van der Waals surface area contributed by atoms with Crippen LogP contribution in [0.5, 0.6) is 5.75 Å². The average molecular weight is 251 g/mol. The Morgan fingerprint density at radius 3 is 2.56 bits per heavy atom. The summed E-state index contributed by atoms with van der Waals surface area (Å²) in [4.78, 5) is 14.5. The quantitative estimate of drug-likeness (QED) is 0.859. The highest BCUT2D eigenvalue weighted by Gasteiger charge is 2.14. The lowest BCUT2D eigenvalue weighted by molar-refractivity contribution is 0.0693. The lowest BCUT2D eigenvalue weighted by atomic mass is 10.1. The maximum Gasteiger partial charge on any atom is 0.339 e. The predicted octanol–water partition coefficient (Wildman–Crippen LogP) is 2.43. The van der Waals surface area contributed by atoms with Crippen LogP contribution in [0.3, 0.4) is 0 Å². The molecule has 1 aromatic heterocycles. The maximum absolute atomic E-state index is 13.5. The number of aromatic hydroxyl groups is 1. The van der Waals surface area contributed by atoms with Crippen molar-refractivity contribution in [1.82, 2.24) is 4.98 Å². The van der Waals surface area contributed by atoms with Crippen LogP contribution < -0.4 is 0 Å². The number of aromatic nitrogens is 1. The number of carboxylic acid groups (broad SMARTS) is 1. The molecule has 0 amide bonds. The third kappa shape index (κ3) is 2.13. The molecule has 0 fully saturated rings. The highest BCUT2D eigenvalue weighted by Crippen LogP contribution is 2.25. The van der Waals surface area contributed by atoms with Crippen molar-refractivity contribution in [2.45, 2.75) is 0 Å². The molecule has 0 aliphatic rings. The second kappa shape index (κ2) is 4.40. The van der Waals surface area contributed by atoms with Crippen LogP contribution in [-0.4, -0.2) is 21.2 Å². The van der Waals surface area contributed by atoms with Crippen LogP contribution in [0.4, 0.5) is 8.78 Å². The summed E-state index contributed by atoms with van der Waals surface area (Å²) in [6, 6.07) is 3.88. The molecule has 2 N–H and O–H groups in total. The zero-order valence-corrected chi connectivity index (χ0v) is 8.89. The van der Waals surface area contributed by atoms with E-state index in [9.17, 15) is 18.7 Å². The molecule has 0 radical (unpaired) electrons. The first-order valence-electron chi connectivity index (χ1n) is 4.87. The van der Waals surface area contributed by atoms with Crippen molar-refractivity contribution < 1.29 is 23.8 Å². The number of aromatic carboxylic acids is 1. The van der Waals surface area contributed by atoms with E-state index >= 15 is 0 Å². The third-order valence-corrected chi connectivity index (χ3v) is 2.32. The molecule has 2 aromatic rings. The van der Waals surface area contributed by atoms with Gasteiger partial charge in [-0.2, -0.15) is 0 Å². The molecule has 0 unspecified atom stereocenters. The summed E-state index contributed by atoms with van der Waals surface area (Å²) in [5.74, 6) is -3.48. The van der Waals surface area contributed by atoms with Crippen molar-refractivity contribution in [3.05, 3.63) is 47.7 Å². The van der Waals surface area contributed by atoms with Crippen molar-refractivity contribution in [3.8, 4) is 17.0 Å². The fraction of sp³-hybridized carbons (Fsp3) is 0. The Bertz CT molecular complexity index is 629. The fourth-order valence-corrected chi connectivity index (χ4v) is 1.46. The molecule has 18 heavy (non-hydrogen) atoms. The lowest BCUT2D eigenvalue weighted by Gasteiger charge is -2.05. The lowest BCUT2D eigenvalue weighted by Crippen LogP contribution is -1.99. The van der Waals surface area contributed by atoms with Gasteiger partial charge >= 0.3 is 5.97 Å². The molecular weight excluding hydrogens is 244 g/mol. The van der Waals surface area contributed by atoms with E-state index in [4.69, 9.17) is 5.11 Å². The summed E-state index contributed by atoms with van der Waals surface area (Å²) in [7, 11) is 0. The van der Waals surface area contributed by atoms with E-state index in [0.29, 0.717) is 6.07 Å². The smallest absolute Gasteiger partial charge is 0.339 e. The van der Waals surface area contributed by atoms with Gasteiger partial charge in [-0.1, -0.05) is 0 Å². The Morgan fingerprint density at radius 2 is 1.94 bits per heavy atom. The maximum atomic E-state index is 13.5. The Hall–Kier alpha value is -2.50. The molecule has 0 bridgehead atoms. The summed E-state index contributed by atoms with van der Waals surface area (Å²) < 4.78 is 26.2. The summed E-state index contributed by atoms with van der Waals surface area (Å²) in [6.07, 6.45) is 0.904. The van der Waals surface area contributed by atoms with Crippen molar-refractivity contribution in [1.29, 1.82) is 0 Å². The van der Waals surface area contributed by atoms with Gasteiger partial charge in [0.05, 0.1) is 11.9 Å². The van der Waals surface area contributed by atoms with Crippen LogP contribution in [0.15, 0.2) is 30.5 Å². The number of carbonyl (C=O) groups is 1. The van der Waals surface area contributed by atoms with Gasteiger partial charge in [-0.25, -0.2) is 13.6 Å². The number of pyridine rings is 1. The van der Waals surface area contributed by atoms with Crippen LogP contribution in [0.1, 0.15) is 10.4 Å². The average Bonchev–Trinajstić information content (AvgIpc) is 2.30. The van der Waals surface area contributed by atoms with Gasteiger partial charge < -0.3 is 10.2 Å². The van der Waals surface area contributed by atoms with Gasteiger partial charge in [-0.05, 0) is 18.2 Å². The van der Waals surface area contributed by atoms with Gasteiger partial charge in [0.1, 0.15) is 22.9 Å². The number of hydrogen-bond acceptors (Lipinski definition) is 3. The predicted molar refractivity (Wildman–Crippen MR) is 58.2 cm³/mol. The number of benzene rings is 1. The zero-order chi connectivity index (χ0) is 13.3. The van der Waals surface area contributed by atoms with Crippen molar-refractivity contribution >= 4 is 5.97 Å². The minimum absolute atomic E-state index is 0.00250. The Kier molecular flexibility index (Phi) is 2.93. The number of nitrogens with zero attached hydrogens (tertiary/aromatic N) is 1. The molecule has 1 heterocycles. The van der Waals surface area contributed by atoms with E-state index in [0.717, 1.165) is 24.4 Å². The summed E-state index contributed by atoms with van der Waals surface area (Å²) >= 11 is 0. The Balaban J connectivity index is 2.58. The minimum Gasteiger partial charge on any atom is -0.505 e. The first-order chi connectivity index (χ1) is 8.49.